The quantitative estimate of drug-likeness (QED) is 0.653. The summed E-state index contributed by atoms with van der Waals surface area (Å²) in [6, 6.07) is 3.36. The number of fused-ring (bicyclic) bond motifs is 1. The highest BCUT2D eigenvalue weighted by Crippen LogP contribution is 2.36. The molecule has 1 saturated heterocycles. The lowest BCUT2D eigenvalue weighted by Gasteiger charge is -2.33. The molecule has 0 aromatic heterocycles. The van der Waals surface area contributed by atoms with Gasteiger partial charge < -0.3 is 15.4 Å². The van der Waals surface area contributed by atoms with Crippen LogP contribution in [0.4, 0.5) is 5.69 Å². The summed E-state index contributed by atoms with van der Waals surface area (Å²) in [4.78, 5) is 25.3. The number of piperidine rings is 1. The number of sulfonamides is 1. The molecule has 1 aromatic carbocycles. The van der Waals surface area contributed by atoms with Crippen molar-refractivity contribution in [3.8, 4) is 5.75 Å². The minimum absolute atomic E-state index is 0.0236. The van der Waals surface area contributed by atoms with E-state index in [2.05, 4.69) is 10.6 Å². The highest BCUT2D eigenvalue weighted by Gasteiger charge is 2.36. The molecule has 34 heavy (non-hydrogen) atoms. The number of anilines is 1. The molecule has 0 unspecified atom stereocenters. The van der Waals surface area contributed by atoms with Crippen LogP contribution in [0.3, 0.4) is 0 Å². The smallest absolute Gasteiger partial charge is 0.265 e. The van der Waals surface area contributed by atoms with Crippen LogP contribution in [0.5, 0.6) is 5.75 Å². The molecule has 0 bridgehead atoms. The van der Waals surface area contributed by atoms with Gasteiger partial charge in [0.05, 0.1) is 16.5 Å². The molecule has 2 aliphatic heterocycles. The maximum absolute atomic E-state index is 13.6. The van der Waals surface area contributed by atoms with E-state index >= 15 is 0 Å². The van der Waals surface area contributed by atoms with Gasteiger partial charge in [-0.05, 0) is 50.7 Å². The zero-order chi connectivity index (χ0) is 24.3. The molecule has 0 radical (unpaired) electrons. The van der Waals surface area contributed by atoms with Crippen LogP contribution in [0, 0.1) is 12.8 Å². The molecule has 2 amide bonds. The van der Waals surface area contributed by atoms with Crippen molar-refractivity contribution in [1.29, 1.82) is 0 Å². The number of benzene rings is 1. The molecular weight excluding hydrogens is 454 g/mol. The largest absolute Gasteiger partial charge is 0.478 e. The van der Waals surface area contributed by atoms with Gasteiger partial charge in [-0.1, -0.05) is 39.0 Å². The van der Waals surface area contributed by atoms with Crippen molar-refractivity contribution in [3.63, 3.8) is 0 Å². The van der Waals surface area contributed by atoms with Crippen molar-refractivity contribution >= 4 is 27.5 Å². The number of aryl methyl sites for hydroxylation is 1. The Balaban J connectivity index is 1.48. The SMILES string of the molecule is CC[C@@H]1Oc2cc(S(=O)(=O)N3CCC[C@H](C(=O)NC4CCCCCCC4)C3)c(C)cc2NC1=O. The van der Waals surface area contributed by atoms with Crippen LogP contribution in [-0.4, -0.2) is 49.8 Å². The third-order valence-corrected chi connectivity index (χ3v) is 9.30. The van der Waals surface area contributed by atoms with Gasteiger partial charge in [0.15, 0.2) is 6.10 Å². The van der Waals surface area contributed by atoms with E-state index in [-0.39, 0.29) is 35.2 Å². The summed E-state index contributed by atoms with van der Waals surface area (Å²) >= 11 is 0. The molecular formula is C25H37N3O5S. The fourth-order valence-corrected chi connectivity index (χ4v) is 7.01. The minimum Gasteiger partial charge on any atom is -0.478 e. The number of carbonyl (C=O) groups excluding carboxylic acids is 2. The first-order valence-electron chi connectivity index (χ1n) is 12.7. The highest BCUT2D eigenvalue weighted by molar-refractivity contribution is 7.89. The van der Waals surface area contributed by atoms with E-state index in [1.165, 1.54) is 29.6 Å². The summed E-state index contributed by atoms with van der Waals surface area (Å²) < 4.78 is 34.4. The molecule has 2 heterocycles. The Morgan fingerprint density at radius 2 is 1.82 bits per heavy atom. The van der Waals surface area contributed by atoms with Crippen LogP contribution in [0.2, 0.25) is 0 Å². The van der Waals surface area contributed by atoms with E-state index in [0.717, 1.165) is 25.7 Å². The summed E-state index contributed by atoms with van der Waals surface area (Å²) in [6.45, 7) is 4.14. The van der Waals surface area contributed by atoms with Crippen molar-refractivity contribution in [3.05, 3.63) is 17.7 Å². The second kappa shape index (κ2) is 10.6. The van der Waals surface area contributed by atoms with Crippen LogP contribution >= 0.6 is 0 Å². The molecule has 9 heteroatoms. The van der Waals surface area contributed by atoms with Crippen LogP contribution in [0.15, 0.2) is 17.0 Å². The van der Waals surface area contributed by atoms with Crippen molar-refractivity contribution in [2.24, 2.45) is 5.92 Å². The molecule has 1 aliphatic carbocycles. The fourth-order valence-electron chi connectivity index (χ4n) is 5.26. The number of hydrogen-bond donors (Lipinski definition) is 2. The van der Waals surface area contributed by atoms with E-state index in [1.54, 1.807) is 13.0 Å². The molecule has 2 fully saturated rings. The third kappa shape index (κ3) is 5.40. The average Bonchev–Trinajstić information content (AvgIpc) is 2.80. The lowest BCUT2D eigenvalue weighted by atomic mass is 9.94. The first kappa shape index (κ1) is 25.0. The number of nitrogens with zero attached hydrogens (tertiary/aromatic N) is 1. The standard InChI is InChI=1S/C25H37N3O5S/c1-3-21-25(30)27-20-14-17(2)23(15-22(20)33-21)34(31,32)28-13-9-10-18(16-28)24(29)26-19-11-7-5-4-6-8-12-19/h14-15,18-19,21H,3-13,16H2,1-2H3,(H,26,29)(H,27,30)/t18-,21-/m0/s1. The molecule has 8 nitrogen and oxygen atoms in total. The van der Waals surface area contributed by atoms with Crippen molar-refractivity contribution < 1.29 is 22.7 Å². The molecule has 1 aromatic rings. The van der Waals surface area contributed by atoms with E-state index < -0.39 is 16.1 Å². The van der Waals surface area contributed by atoms with Gasteiger partial charge in [0.25, 0.3) is 5.91 Å². The van der Waals surface area contributed by atoms with Gasteiger partial charge in [-0.2, -0.15) is 4.31 Å². The zero-order valence-corrected chi connectivity index (χ0v) is 21.1. The van der Waals surface area contributed by atoms with Gasteiger partial charge in [0.2, 0.25) is 15.9 Å². The second-order valence-electron chi connectivity index (χ2n) is 9.87. The first-order valence-corrected chi connectivity index (χ1v) is 14.2. The number of ether oxygens (including phenoxy) is 1. The van der Waals surface area contributed by atoms with Gasteiger partial charge in [0, 0.05) is 25.2 Å². The molecule has 3 aliphatic rings. The Bertz CT molecular complexity index is 1020. The zero-order valence-electron chi connectivity index (χ0n) is 20.3. The Kier molecular flexibility index (Phi) is 7.82. The number of amides is 2. The normalized spacial score (nSPS) is 24.8. The molecule has 0 spiro atoms. The lowest BCUT2D eigenvalue weighted by Crippen LogP contribution is -2.47. The van der Waals surface area contributed by atoms with Gasteiger partial charge in [-0.3, -0.25) is 9.59 Å². The maximum atomic E-state index is 13.6. The fraction of sp³-hybridized carbons (Fsp3) is 0.680. The summed E-state index contributed by atoms with van der Waals surface area (Å²) in [7, 11) is -3.81. The Hall–Kier alpha value is -2.13. The Labute approximate surface area is 202 Å². The number of rotatable bonds is 5. The van der Waals surface area contributed by atoms with Crippen LogP contribution in [0.25, 0.3) is 0 Å². The van der Waals surface area contributed by atoms with E-state index in [4.69, 9.17) is 4.74 Å². The van der Waals surface area contributed by atoms with Crippen LogP contribution in [0.1, 0.15) is 76.7 Å². The number of nitrogens with one attached hydrogen (secondary N) is 2. The number of hydrogen-bond acceptors (Lipinski definition) is 5. The summed E-state index contributed by atoms with van der Waals surface area (Å²) in [5.41, 5.74) is 1.03. The van der Waals surface area contributed by atoms with Gasteiger partial charge in [-0.15, -0.1) is 0 Å². The van der Waals surface area contributed by atoms with E-state index in [0.29, 0.717) is 42.8 Å². The monoisotopic (exact) mass is 491 g/mol. The Morgan fingerprint density at radius 3 is 2.53 bits per heavy atom. The Morgan fingerprint density at radius 1 is 1.12 bits per heavy atom. The summed E-state index contributed by atoms with van der Waals surface area (Å²) in [5.74, 6) is -0.221. The van der Waals surface area contributed by atoms with Gasteiger partial charge >= 0.3 is 0 Å². The minimum atomic E-state index is -3.81. The average molecular weight is 492 g/mol. The predicted octanol–water partition coefficient (Wildman–Crippen LogP) is 3.73. The van der Waals surface area contributed by atoms with Gasteiger partial charge in [-0.25, -0.2) is 8.42 Å². The number of carbonyl (C=O) groups is 2. The second-order valence-corrected chi connectivity index (χ2v) is 11.8. The van der Waals surface area contributed by atoms with E-state index in [1.807, 2.05) is 6.92 Å². The predicted molar refractivity (Wildman–Crippen MR) is 130 cm³/mol. The van der Waals surface area contributed by atoms with Gasteiger partial charge in [0.1, 0.15) is 5.75 Å². The first-order chi connectivity index (χ1) is 16.3. The van der Waals surface area contributed by atoms with Crippen molar-refractivity contribution in [2.45, 2.75) is 95.1 Å². The summed E-state index contributed by atoms with van der Waals surface area (Å²) in [5, 5.41) is 6.02. The van der Waals surface area contributed by atoms with Crippen molar-refractivity contribution in [1.82, 2.24) is 9.62 Å². The molecule has 188 valence electrons. The molecule has 4 rings (SSSR count). The highest BCUT2D eigenvalue weighted by atomic mass is 32.2. The summed E-state index contributed by atoms with van der Waals surface area (Å²) in [6.07, 6.45) is 9.18. The molecule has 2 N–H and O–H groups in total. The molecule has 2 atom stereocenters. The maximum Gasteiger partial charge on any atom is 0.265 e. The lowest BCUT2D eigenvalue weighted by molar-refractivity contribution is -0.127. The van der Waals surface area contributed by atoms with Crippen molar-refractivity contribution in [2.75, 3.05) is 18.4 Å². The molecule has 1 saturated carbocycles. The third-order valence-electron chi connectivity index (χ3n) is 7.29. The van der Waals surface area contributed by atoms with E-state index in [9.17, 15) is 18.0 Å². The van der Waals surface area contributed by atoms with Crippen LogP contribution < -0.4 is 15.4 Å². The van der Waals surface area contributed by atoms with Crippen LogP contribution in [-0.2, 0) is 19.6 Å². The topological polar surface area (TPSA) is 105 Å².